The number of fused-ring (bicyclic) bond motifs is 2. The molecule has 0 spiro atoms. The molecule has 0 saturated heterocycles. The second kappa shape index (κ2) is 14.2. The lowest BCUT2D eigenvalue weighted by atomic mass is 9.88. The molecule has 44 heavy (non-hydrogen) atoms. The summed E-state index contributed by atoms with van der Waals surface area (Å²) < 4.78 is 0. The fourth-order valence-corrected chi connectivity index (χ4v) is 12.0. The van der Waals surface area contributed by atoms with Gasteiger partial charge < -0.3 is 0 Å². The van der Waals surface area contributed by atoms with Crippen LogP contribution in [0, 0.1) is 0 Å². The summed E-state index contributed by atoms with van der Waals surface area (Å²) in [4.78, 5) is 0. The standard InChI is InChI=1S/C42H44P2/c1-5-31(3)43(32(4)6-2)29-35-27-25-33-17-13-15-23-39(33)41(35)42-36(28-26-34-18-14-16-24-40(34)42)30-44(37-19-9-7-10-20-37)38-21-11-8-12-22-38/h7-28,31-32H,5-6,29-30H2,1-4H3. The summed E-state index contributed by atoms with van der Waals surface area (Å²) in [6, 6.07) is 50.2. The summed E-state index contributed by atoms with van der Waals surface area (Å²) in [6.45, 7) is 9.74. The van der Waals surface area contributed by atoms with Crippen molar-refractivity contribution in [3.8, 4) is 11.1 Å². The highest BCUT2D eigenvalue weighted by atomic mass is 31.1. The Morgan fingerprint density at radius 2 is 0.864 bits per heavy atom. The smallest absolute Gasteiger partial charge is 0.00138 e. The highest BCUT2D eigenvalue weighted by Gasteiger charge is 2.25. The van der Waals surface area contributed by atoms with E-state index >= 15 is 0 Å². The average molecular weight is 611 g/mol. The normalized spacial score (nSPS) is 13.8. The van der Waals surface area contributed by atoms with Gasteiger partial charge in [-0.1, -0.05) is 169 Å². The largest absolute Gasteiger partial charge is 0.0964 e. The summed E-state index contributed by atoms with van der Waals surface area (Å²) in [6.07, 6.45) is 4.68. The minimum atomic E-state index is -0.580. The van der Waals surface area contributed by atoms with Crippen LogP contribution in [0.5, 0.6) is 0 Å². The molecule has 0 aliphatic carbocycles. The first-order chi connectivity index (χ1) is 21.6. The van der Waals surface area contributed by atoms with Crippen molar-refractivity contribution >= 4 is 48.0 Å². The first kappa shape index (κ1) is 30.7. The van der Waals surface area contributed by atoms with Crippen molar-refractivity contribution in [3.05, 3.63) is 145 Å². The molecule has 0 saturated carbocycles. The Hall–Kier alpha value is -3.30. The summed E-state index contributed by atoms with van der Waals surface area (Å²) in [7, 11) is -0.740. The molecular weight excluding hydrogens is 566 g/mol. The van der Waals surface area contributed by atoms with Crippen molar-refractivity contribution in [2.24, 2.45) is 0 Å². The Kier molecular flexibility index (Phi) is 9.92. The molecule has 6 aromatic rings. The van der Waals surface area contributed by atoms with Crippen LogP contribution < -0.4 is 10.6 Å². The fraction of sp³-hybridized carbons (Fsp3) is 0.238. The van der Waals surface area contributed by atoms with Gasteiger partial charge in [0.15, 0.2) is 0 Å². The third-order valence-corrected chi connectivity index (χ3v) is 15.6. The third-order valence-electron chi connectivity index (χ3n) is 9.41. The predicted molar refractivity (Wildman–Crippen MR) is 200 cm³/mol. The molecule has 0 bridgehead atoms. The van der Waals surface area contributed by atoms with E-state index in [0.29, 0.717) is 0 Å². The van der Waals surface area contributed by atoms with Gasteiger partial charge in [0.2, 0.25) is 0 Å². The lowest BCUT2D eigenvalue weighted by molar-refractivity contribution is 0.828. The van der Waals surface area contributed by atoms with E-state index in [1.54, 1.807) is 0 Å². The Bertz CT molecular complexity index is 1780. The Morgan fingerprint density at radius 3 is 1.32 bits per heavy atom. The SMILES string of the molecule is CCC(C)P(Cc1ccc2ccccc2c1-c1c(CP(c2ccccc2)c2ccccc2)ccc2ccccc12)C(C)CC. The van der Waals surface area contributed by atoms with E-state index < -0.39 is 7.92 Å². The first-order valence-corrected chi connectivity index (χ1v) is 19.4. The molecule has 2 heteroatoms. The van der Waals surface area contributed by atoms with E-state index in [1.807, 2.05) is 0 Å². The van der Waals surface area contributed by atoms with Gasteiger partial charge in [0.25, 0.3) is 0 Å². The van der Waals surface area contributed by atoms with E-state index in [-0.39, 0.29) is 7.92 Å². The first-order valence-electron chi connectivity index (χ1n) is 16.2. The molecule has 0 aliphatic heterocycles. The molecule has 6 aromatic carbocycles. The lowest BCUT2D eigenvalue weighted by Crippen LogP contribution is -2.13. The van der Waals surface area contributed by atoms with E-state index in [9.17, 15) is 0 Å². The molecular formula is C42H44P2. The van der Waals surface area contributed by atoms with Gasteiger partial charge >= 0.3 is 0 Å². The quantitative estimate of drug-likeness (QED) is 0.128. The molecule has 2 atom stereocenters. The second-order valence-electron chi connectivity index (χ2n) is 12.1. The van der Waals surface area contributed by atoms with Crippen LogP contribution in [0.4, 0.5) is 0 Å². The molecule has 0 fully saturated rings. The molecule has 6 rings (SSSR count). The highest BCUT2D eigenvalue weighted by Crippen LogP contribution is 2.54. The molecule has 0 aromatic heterocycles. The Morgan fingerprint density at radius 1 is 0.455 bits per heavy atom. The molecule has 0 aliphatic rings. The fourth-order valence-electron chi connectivity index (χ4n) is 6.62. The number of benzene rings is 6. The third kappa shape index (κ3) is 6.40. The zero-order chi connectivity index (χ0) is 30.5. The highest BCUT2D eigenvalue weighted by molar-refractivity contribution is 7.72. The predicted octanol–water partition coefficient (Wildman–Crippen LogP) is 11.9. The monoisotopic (exact) mass is 610 g/mol. The van der Waals surface area contributed by atoms with Crippen LogP contribution in [-0.4, -0.2) is 11.3 Å². The maximum Gasteiger partial charge on any atom is 0.00138 e. The van der Waals surface area contributed by atoms with E-state index in [4.69, 9.17) is 0 Å². The Balaban J connectivity index is 1.61. The van der Waals surface area contributed by atoms with E-state index in [2.05, 4.69) is 161 Å². The van der Waals surface area contributed by atoms with Crippen molar-refractivity contribution < 1.29 is 0 Å². The maximum atomic E-state index is 2.49. The molecule has 0 heterocycles. The minimum Gasteiger partial charge on any atom is -0.0964 e. The summed E-state index contributed by atoms with van der Waals surface area (Å²) in [5, 5.41) is 8.27. The van der Waals surface area contributed by atoms with Crippen LogP contribution in [-0.2, 0) is 12.3 Å². The van der Waals surface area contributed by atoms with Crippen LogP contribution >= 0.6 is 15.8 Å². The van der Waals surface area contributed by atoms with Gasteiger partial charge in [0, 0.05) is 6.16 Å². The maximum absolute atomic E-state index is 2.49. The second-order valence-corrected chi connectivity index (χ2v) is 17.4. The van der Waals surface area contributed by atoms with Crippen molar-refractivity contribution in [1.82, 2.24) is 0 Å². The molecule has 222 valence electrons. The van der Waals surface area contributed by atoms with Crippen molar-refractivity contribution in [1.29, 1.82) is 0 Å². The van der Waals surface area contributed by atoms with Gasteiger partial charge in [0.1, 0.15) is 0 Å². The average Bonchev–Trinajstić information content (AvgIpc) is 3.09. The topological polar surface area (TPSA) is 0 Å². The number of rotatable bonds is 11. The van der Waals surface area contributed by atoms with Crippen molar-refractivity contribution in [3.63, 3.8) is 0 Å². The minimum absolute atomic E-state index is 0.159. The Labute approximate surface area is 267 Å². The molecule has 0 amide bonds. The van der Waals surface area contributed by atoms with Crippen LogP contribution in [0.15, 0.2) is 133 Å². The van der Waals surface area contributed by atoms with Crippen LogP contribution in [0.3, 0.4) is 0 Å². The van der Waals surface area contributed by atoms with E-state index in [1.165, 1.54) is 73.4 Å². The zero-order valence-corrected chi connectivity index (χ0v) is 28.4. The van der Waals surface area contributed by atoms with Crippen LogP contribution in [0.2, 0.25) is 0 Å². The zero-order valence-electron chi connectivity index (χ0n) is 26.6. The number of hydrogen-bond acceptors (Lipinski definition) is 0. The van der Waals surface area contributed by atoms with Gasteiger partial charge in [-0.2, -0.15) is 0 Å². The number of hydrogen-bond donors (Lipinski definition) is 0. The van der Waals surface area contributed by atoms with E-state index in [0.717, 1.165) is 17.5 Å². The van der Waals surface area contributed by atoms with Crippen LogP contribution in [0.1, 0.15) is 51.7 Å². The lowest BCUT2D eigenvalue weighted by Gasteiger charge is -2.31. The summed E-state index contributed by atoms with van der Waals surface area (Å²) in [5.74, 6) is 0. The van der Waals surface area contributed by atoms with Crippen LogP contribution in [0.25, 0.3) is 32.7 Å². The van der Waals surface area contributed by atoms with Crippen molar-refractivity contribution in [2.75, 3.05) is 0 Å². The van der Waals surface area contributed by atoms with Gasteiger partial charge in [-0.15, -0.1) is 0 Å². The van der Waals surface area contributed by atoms with Gasteiger partial charge in [-0.3, -0.25) is 0 Å². The summed E-state index contributed by atoms with van der Waals surface area (Å²) >= 11 is 0. The molecule has 2 unspecified atom stereocenters. The van der Waals surface area contributed by atoms with Crippen molar-refractivity contribution in [2.45, 2.75) is 64.2 Å². The molecule has 0 N–H and O–H groups in total. The summed E-state index contributed by atoms with van der Waals surface area (Å²) in [5.41, 5.74) is 7.38. The van der Waals surface area contributed by atoms with Gasteiger partial charge in [-0.25, -0.2) is 0 Å². The molecule has 0 radical (unpaired) electrons. The van der Waals surface area contributed by atoms with Gasteiger partial charge in [-0.05, 0) is 92.7 Å². The van der Waals surface area contributed by atoms with Gasteiger partial charge in [0.05, 0.1) is 0 Å². The molecule has 0 nitrogen and oxygen atoms in total.